The van der Waals surface area contributed by atoms with Crippen molar-refractivity contribution < 1.29 is 4.79 Å². The van der Waals surface area contributed by atoms with Gasteiger partial charge < -0.3 is 5.73 Å². The van der Waals surface area contributed by atoms with Gasteiger partial charge in [0.05, 0.1) is 17.9 Å². The topological polar surface area (TPSA) is 72.9 Å². The highest BCUT2D eigenvalue weighted by atomic mass is 16.1. The fraction of sp³-hybridized carbons (Fsp3) is 0.375. The second-order valence-electron chi connectivity index (χ2n) is 5.57. The van der Waals surface area contributed by atoms with Crippen LogP contribution >= 0.6 is 0 Å². The third-order valence-electron chi connectivity index (χ3n) is 3.53. The Hall–Kier alpha value is -2.14. The smallest absolute Gasteiger partial charge is 0.234 e. The number of para-hydroxylation sites is 1. The van der Waals surface area contributed by atoms with Gasteiger partial charge in [0.2, 0.25) is 5.91 Å². The van der Waals surface area contributed by atoms with Crippen LogP contribution in [-0.4, -0.2) is 21.7 Å². The molecule has 2 aromatic rings. The number of hydrogen-bond donors (Lipinski definition) is 2. The van der Waals surface area contributed by atoms with Crippen LogP contribution < -0.4 is 11.1 Å². The largest absolute Gasteiger partial charge is 0.368 e. The van der Waals surface area contributed by atoms with Gasteiger partial charge in [-0.25, -0.2) is 4.68 Å². The highest BCUT2D eigenvalue weighted by Crippen LogP contribution is 2.16. The van der Waals surface area contributed by atoms with Crippen molar-refractivity contribution in [3.05, 3.63) is 48.3 Å². The van der Waals surface area contributed by atoms with E-state index < -0.39 is 0 Å². The van der Waals surface area contributed by atoms with E-state index in [1.54, 1.807) is 0 Å². The maximum absolute atomic E-state index is 11.5. The van der Waals surface area contributed by atoms with Crippen molar-refractivity contribution in [2.24, 2.45) is 11.7 Å². The fourth-order valence-electron chi connectivity index (χ4n) is 2.25. The van der Waals surface area contributed by atoms with Gasteiger partial charge in [0.1, 0.15) is 0 Å². The number of nitrogens with one attached hydrogen (secondary N) is 1. The maximum Gasteiger partial charge on any atom is 0.234 e. The Labute approximate surface area is 125 Å². The minimum atomic E-state index is -0.347. The van der Waals surface area contributed by atoms with Crippen LogP contribution in [0.4, 0.5) is 0 Å². The number of hydrogen-bond acceptors (Lipinski definition) is 3. The molecule has 1 aromatic heterocycles. The molecular formula is C16H22N4O. The van der Waals surface area contributed by atoms with Crippen LogP contribution in [0.25, 0.3) is 5.69 Å². The molecule has 5 nitrogen and oxygen atoms in total. The molecule has 2 atom stereocenters. The van der Waals surface area contributed by atoms with Crippen molar-refractivity contribution in [3.8, 4) is 5.69 Å². The molecule has 5 heteroatoms. The quantitative estimate of drug-likeness (QED) is 0.853. The normalized spacial score (nSPS) is 14.1. The molecule has 1 heterocycles. The van der Waals surface area contributed by atoms with Crippen LogP contribution in [0.15, 0.2) is 42.7 Å². The Bertz CT molecular complexity index is 591. The van der Waals surface area contributed by atoms with Crippen LogP contribution in [0.5, 0.6) is 0 Å². The summed E-state index contributed by atoms with van der Waals surface area (Å²) in [6.07, 6.45) is 3.77. The van der Waals surface area contributed by atoms with E-state index in [0.29, 0.717) is 0 Å². The number of amides is 1. The molecule has 0 spiro atoms. The number of carbonyl (C=O) groups excluding carboxylic acids is 1. The van der Waals surface area contributed by atoms with Crippen molar-refractivity contribution in [2.75, 3.05) is 0 Å². The molecule has 0 radical (unpaired) electrons. The van der Waals surface area contributed by atoms with Crippen LogP contribution in [-0.2, 0) is 4.79 Å². The van der Waals surface area contributed by atoms with E-state index in [0.717, 1.165) is 11.3 Å². The lowest BCUT2D eigenvalue weighted by molar-refractivity contribution is -0.121. The Morgan fingerprint density at radius 2 is 1.90 bits per heavy atom. The third-order valence-corrected chi connectivity index (χ3v) is 3.53. The van der Waals surface area contributed by atoms with Crippen molar-refractivity contribution in [1.29, 1.82) is 0 Å². The lowest BCUT2D eigenvalue weighted by Crippen LogP contribution is -2.45. The molecule has 1 aromatic carbocycles. The van der Waals surface area contributed by atoms with Gasteiger partial charge in [-0.1, -0.05) is 32.0 Å². The first-order chi connectivity index (χ1) is 9.99. The second kappa shape index (κ2) is 6.54. The Morgan fingerprint density at radius 3 is 2.48 bits per heavy atom. The van der Waals surface area contributed by atoms with E-state index in [2.05, 4.69) is 10.4 Å². The SMILES string of the molecule is CC(NC(C(N)=O)C(C)C)c1cnn(-c2ccccc2)c1. The summed E-state index contributed by atoms with van der Waals surface area (Å²) >= 11 is 0. The number of benzene rings is 1. The minimum Gasteiger partial charge on any atom is -0.368 e. The summed E-state index contributed by atoms with van der Waals surface area (Å²) in [5.74, 6) is -0.179. The van der Waals surface area contributed by atoms with Gasteiger partial charge in [-0.3, -0.25) is 10.1 Å². The van der Waals surface area contributed by atoms with Crippen molar-refractivity contribution >= 4 is 5.91 Å². The molecule has 21 heavy (non-hydrogen) atoms. The van der Waals surface area contributed by atoms with Gasteiger partial charge in [-0.2, -0.15) is 5.10 Å². The van der Waals surface area contributed by atoms with Crippen LogP contribution in [0.2, 0.25) is 0 Å². The summed E-state index contributed by atoms with van der Waals surface area (Å²) in [4.78, 5) is 11.5. The van der Waals surface area contributed by atoms with Gasteiger partial charge in [0.15, 0.2) is 0 Å². The summed E-state index contributed by atoms with van der Waals surface area (Å²) in [5.41, 5.74) is 7.46. The molecular weight excluding hydrogens is 264 g/mol. The van der Waals surface area contributed by atoms with Crippen molar-refractivity contribution in [2.45, 2.75) is 32.9 Å². The Kier molecular flexibility index (Phi) is 4.75. The summed E-state index contributed by atoms with van der Waals surface area (Å²) in [7, 11) is 0. The maximum atomic E-state index is 11.5. The number of rotatable bonds is 6. The van der Waals surface area contributed by atoms with Crippen LogP contribution in [0.1, 0.15) is 32.4 Å². The number of primary amides is 1. The first-order valence-corrected chi connectivity index (χ1v) is 7.14. The molecule has 1 amide bonds. The minimum absolute atomic E-state index is 0.00219. The molecule has 0 saturated heterocycles. The first kappa shape index (κ1) is 15.3. The molecule has 2 rings (SSSR count). The van der Waals surface area contributed by atoms with Gasteiger partial charge in [0.25, 0.3) is 0 Å². The average molecular weight is 286 g/mol. The van der Waals surface area contributed by atoms with Gasteiger partial charge >= 0.3 is 0 Å². The molecule has 0 saturated carbocycles. The lowest BCUT2D eigenvalue weighted by atomic mass is 10.0. The molecule has 0 aliphatic heterocycles. The molecule has 2 unspecified atom stereocenters. The number of nitrogens with two attached hydrogens (primary N) is 1. The predicted molar refractivity (Wildman–Crippen MR) is 82.9 cm³/mol. The number of carbonyl (C=O) groups is 1. The van der Waals surface area contributed by atoms with Gasteiger partial charge in [0, 0.05) is 17.8 Å². The second-order valence-corrected chi connectivity index (χ2v) is 5.57. The molecule has 3 N–H and O–H groups in total. The fourth-order valence-corrected chi connectivity index (χ4v) is 2.25. The predicted octanol–water partition coefficient (Wildman–Crippen LogP) is 2.03. The summed E-state index contributed by atoms with van der Waals surface area (Å²) in [6, 6.07) is 9.56. The monoisotopic (exact) mass is 286 g/mol. The Morgan fingerprint density at radius 1 is 1.24 bits per heavy atom. The van der Waals surface area contributed by atoms with Crippen LogP contribution in [0, 0.1) is 5.92 Å². The van der Waals surface area contributed by atoms with Crippen LogP contribution in [0.3, 0.4) is 0 Å². The zero-order valence-corrected chi connectivity index (χ0v) is 12.7. The first-order valence-electron chi connectivity index (χ1n) is 7.14. The van der Waals surface area contributed by atoms with E-state index in [1.165, 1.54) is 0 Å². The van der Waals surface area contributed by atoms with Gasteiger partial charge in [-0.05, 0) is 25.0 Å². The van der Waals surface area contributed by atoms with Crippen molar-refractivity contribution in [3.63, 3.8) is 0 Å². The molecule has 0 aliphatic carbocycles. The number of aromatic nitrogens is 2. The highest BCUT2D eigenvalue weighted by Gasteiger charge is 2.22. The average Bonchev–Trinajstić information content (AvgIpc) is 2.94. The van der Waals surface area contributed by atoms with E-state index in [4.69, 9.17) is 5.73 Å². The van der Waals surface area contributed by atoms with Crippen molar-refractivity contribution in [1.82, 2.24) is 15.1 Å². The zero-order valence-electron chi connectivity index (χ0n) is 12.7. The lowest BCUT2D eigenvalue weighted by Gasteiger charge is -2.23. The standard InChI is InChI=1S/C16H22N4O/c1-11(2)15(16(17)21)19-12(3)13-9-18-20(10-13)14-7-5-4-6-8-14/h4-12,15,19H,1-3H3,(H2,17,21). The molecule has 0 aliphatic rings. The summed E-state index contributed by atoms with van der Waals surface area (Å²) in [6.45, 7) is 5.95. The van der Waals surface area contributed by atoms with E-state index in [9.17, 15) is 4.79 Å². The highest BCUT2D eigenvalue weighted by molar-refractivity contribution is 5.80. The van der Waals surface area contributed by atoms with E-state index >= 15 is 0 Å². The van der Waals surface area contributed by atoms with E-state index in [1.807, 2.05) is 68.2 Å². The Balaban J connectivity index is 2.12. The molecule has 0 bridgehead atoms. The number of nitrogens with zero attached hydrogens (tertiary/aromatic N) is 2. The zero-order chi connectivity index (χ0) is 15.4. The van der Waals surface area contributed by atoms with E-state index in [-0.39, 0.29) is 23.9 Å². The third kappa shape index (κ3) is 3.70. The molecule has 0 fully saturated rings. The summed E-state index contributed by atoms with van der Waals surface area (Å²) < 4.78 is 1.82. The molecule has 112 valence electrons. The van der Waals surface area contributed by atoms with Gasteiger partial charge in [-0.15, -0.1) is 0 Å². The summed E-state index contributed by atoms with van der Waals surface area (Å²) in [5, 5.41) is 7.63.